The number of carbonyl (C=O) groups is 1. The van der Waals surface area contributed by atoms with Crippen LogP contribution in [0.3, 0.4) is 0 Å². The summed E-state index contributed by atoms with van der Waals surface area (Å²) in [6, 6.07) is 3.56. The SMILES string of the molecule is Cc1cc(/C=C/B2OC(C)(C)C(C)(C)O2)c(Cl)cc1C=O. The van der Waals surface area contributed by atoms with Crippen molar-refractivity contribution in [3.05, 3.63) is 39.8 Å². The van der Waals surface area contributed by atoms with E-state index in [0.717, 1.165) is 17.4 Å². The molecule has 0 saturated carbocycles. The molecular weight excluding hydrogens is 286 g/mol. The van der Waals surface area contributed by atoms with E-state index in [-0.39, 0.29) is 11.2 Å². The number of hydrogen-bond acceptors (Lipinski definition) is 3. The van der Waals surface area contributed by atoms with E-state index in [1.807, 2.05) is 52.7 Å². The van der Waals surface area contributed by atoms with Gasteiger partial charge in [0.15, 0.2) is 0 Å². The molecule has 1 saturated heterocycles. The predicted molar refractivity (Wildman–Crippen MR) is 86.7 cm³/mol. The highest BCUT2D eigenvalue weighted by molar-refractivity contribution is 6.52. The van der Waals surface area contributed by atoms with Gasteiger partial charge in [-0.1, -0.05) is 23.7 Å². The Morgan fingerprint density at radius 1 is 1.10 bits per heavy atom. The van der Waals surface area contributed by atoms with E-state index < -0.39 is 7.12 Å². The molecule has 1 aliphatic rings. The van der Waals surface area contributed by atoms with E-state index in [9.17, 15) is 4.79 Å². The van der Waals surface area contributed by atoms with E-state index in [4.69, 9.17) is 20.9 Å². The predicted octanol–water partition coefficient (Wildman–Crippen LogP) is 4.11. The quantitative estimate of drug-likeness (QED) is 0.623. The first-order valence-corrected chi connectivity index (χ1v) is 7.33. The summed E-state index contributed by atoms with van der Waals surface area (Å²) in [6.07, 6.45) is 2.68. The Balaban J connectivity index is 2.20. The normalized spacial score (nSPS) is 20.2. The van der Waals surface area contributed by atoms with E-state index >= 15 is 0 Å². The third kappa shape index (κ3) is 3.23. The van der Waals surface area contributed by atoms with Crippen molar-refractivity contribution in [2.24, 2.45) is 0 Å². The van der Waals surface area contributed by atoms with Crippen LogP contribution in [0.2, 0.25) is 5.02 Å². The number of hydrogen-bond donors (Lipinski definition) is 0. The summed E-state index contributed by atoms with van der Waals surface area (Å²) >= 11 is 6.19. The fourth-order valence-corrected chi connectivity index (χ4v) is 2.36. The van der Waals surface area contributed by atoms with Gasteiger partial charge in [-0.25, -0.2) is 0 Å². The molecule has 5 heteroatoms. The summed E-state index contributed by atoms with van der Waals surface area (Å²) in [7, 11) is -0.405. The standard InChI is InChI=1S/C16H20BClO3/c1-11-8-12(14(18)9-13(11)10-19)6-7-17-20-15(2,3)16(4,5)21-17/h6-10H,1-5H3/b7-6+. The second-order valence-corrected chi connectivity index (χ2v) is 6.74. The molecule has 1 aromatic rings. The average Bonchev–Trinajstić information content (AvgIpc) is 2.58. The zero-order valence-electron chi connectivity index (χ0n) is 13.1. The van der Waals surface area contributed by atoms with Gasteiger partial charge in [0.05, 0.1) is 11.2 Å². The van der Waals surface area contributed by atoms with Gasteiger partial charge in [-0.2, -0.15) is 0 Å². The molecule has 0 radical (unpaired) electrons. The van der Waals surface area contributed by atoms with Crippen LogP contribution in [0.15, 0.2) is 18.1 Å². The lowest BCUT2D eigenvalue weighted by molar-refractivity contribution is 0.00578. The summed E-state index contributed by atoms with van der Waals surface area (Å²) in [5.41, 5.74) is 1.62. The van der Waals surface area contributed by atoms with Gasteiger partial charge in [0.25, 0.3) is 0 Å². The number of benzene rings is 1. The average molecular weight is 307 g/mol. The van der Waals surface area contributed by atoms with Crippen LogP contribution in [0.4, 0.5) is 0 Å². The molecule has 0 unspecified atom stereocenters. The molecule has 0 aliphatic carbocycles. The molecule has 1 fully saturated rings. The highest BCUT2D eigenvalue weighted by Gasteiger charge is 2.49. The molecule has 0 aromatic heterocycles. The Morgan fingerprint density at radius 3 is 2.19 bits per heavy atom. The van der Waals surface area contributed by atoms with Gasteiger partial charge >= 0.3 is 7.12 Å². The topological polar surface area (TPSA) is 35.5 Å². The van der Waals surface area contributed by atoms with Crippen molar-refractivity contribution in [3.8, 4) is 0 Å². The van der Waals surface area contributed by atoms with Gasteiger partial charge in [0, 0.05) is 10.6 Å². The Bertz CT molecular complexity index is 577. The molecule has 21 heavy (non-hydrogen) atoms. The summed E-state index contributed by atoms with van der Waals surface area (Å²) in [4.78, 5) is 10.9. The molecule has 1 heterocycles. The fourth-order valence-electron chi connectivity index (χ4n) is 2.12. The Labute approximate surface area is 131 Å². The van der Waals surface area contributed by atoms with Gasteiger partial charge in [-0.15, -0.1) is 0 Å². The zero-order valence-corrected chi connectivity index (χ0v) is 13.8. The van der Waals surface area contributed by atoms with Crippen molar-refractivity contribution in [1.82, 2.24) is 0 Å². The lowest BCUT2D eigenvalue weighted by Crippen LogP contribution is -2.41. The monoisotopic (exact) mass is 306 g/mol. The van der Waals surface area contributed by atoms with Gasteiger partial charge in [0.1, 0.15) is 6.29 Å². The number of rotatable bonds is 3. The summed E-state index contributed by atoms with van der Waals surface area (Å²) < 4.78 is 11.8. The first-order chi connectivity index (χ1) is 9.66. The molecule has 112 valence electrons. The summed E-state index contributed by atoms with van der Waals surface area (Å²) in [6.45, 7) is 9.92. The Kier molecular flexibility index (Phi) is 4.34. The molecule has 0 spiro atoms. The van der Waals surface area contributed by atoms with Crippen LogP contribution in [-0.2, 0) is 9.31 Å². The minimum Gasteiger partial charge on any atom is -0.400 e. The lowest BCUT2D eigenvalue weighted by Gasteiger charge is -2.32. The van der Waals surface area contributed by atoms with Crippen molar-refractivity contribution in [2.45, 2.75) is 45.8 Å². The number of aldehydes is 1. The van der Waals surface area contributed by atoms with Crippen molar-refractivity contribution >= 4 is 31.1 Å². The summed E-state index contributed by atoms with van der Waals surface area (Å²) in [5.74, 6) is 1.84. The molecule has 0 amide bonds. The third-order valence-electron chi connectivity index (χ3n) is 4.22. The molecule has 1 aromatic carbocycles. The fraction of sp³-hybridized carbons (Fsp3) is 0.438. The van der Waals surface area contributed by atoms with E-state index in [0.29, 0.717) is 10.6 Å². The van der Waals surface area contributed by atoms with Gasteiger partial charge < -0.3 is 9.31 Å². The molecule has 2 rings (SSSR count). The largest absolute Gasteiger partial charge is 0.487 e. The molecule has 0 N–H and O–H groups in total. The Hall–Kier alpha value is -1.10. The van der Waals surface area contributed by atoms with Crippen LogP contribution >= 0.6 is 11.6 Å². The van der Waals surface area contributed by atoms with Crippen molar-refractivity contribution in [3.63, 3.8) is 0 Å². The second kappa shape index (κ2) is 5.60. The Morgan fingerprint density at radius 2 is 1.67 bits per heavy atom. The van der Waals surface area contributed by atoms with E-state index in [1.54, 1.807) is 6.07 Å². The lowest BCUT2D eigenvalue weighted by atomic mass is 9.89. The molecular formula is C16H20BClO3. The van der Waals surface area contributed by atoms with Crippen molar-refractivity contribution in [2.75, 3.05) is 0 Å². The zero-order chi connectivity index (χ0) is 15.8. The number of halogens is 1. The molecule has 1 aliphatic heterocycles. The van der Waals surface area contributed by atoms with Crippen LogP contribution in [0.1, 0.15) is 49.2 Å². The highest BCUT2D eigenvalue weighted by Crippen LogP contribution is 2.37. The smallest absolute Gasteiger partial charge is 0.400 e. The third-order valence-corrected chi connectivity index (χ3v) is 4.54. The van der Waals surface area contributed by atoms with Crippen LogP contribution in [0, 0.1) is 6.92 Å². The van der Waals surface area contributed by atoms with Gasteiger partial charge in [-0.05, 0) is 57.9 Å². The van der Waals surface area contributed by atoms with Crippen LogP contribution in [0.5, 0.6) is 0 Å². The molecule has 0 bridgehead atoms. The molecule has 0 atom stereocenters. The summed E-state index contributed by atoms with van der Waals surface area (Å²) in [5, 5.41) is 0.537. The number of aryl methyl sites for hydroxylation is 1. The van der Waals surface area contributed by atoms with Crippen LogP contribution in [0.25, 0.3) is 6.08 Å². The maximum absolute atomic E-state index is 10.9. The second-order valence-electron chi connectivity index (χ2n) is 6.33. The van der Waals surface area contributed by atoms with Gasteiger partial charge in [-0.3, -0.25) is 4.79 Å². The highest BCUT2D eigenvalue weighted by atomic mass is 35.5. The van der Waals surface area contributed by atoms with Crippen molar-refractivity contribution < 1.29 is 14.1 Å². The number of carbonyl (C=O) groups excluding carboxylic acids is 1. The van der Waals surface area contributed by atoms with Crippen molar-refractivity contribution in [1.29, 1.82) is 0 Å². The maximum Gasteiger partial charge on any atom is 0.487 e. The first-order valence-electron chi connectivity index (χ1n) is 6.95. The minimum atomic E-state index is -0.405. The van der Waals surface area contributed by atoms with E-state index in [2.05, 4.69) is 0 Å². The maximum atomic E-state index is 10.9. The van der Waals surface area contributed by atoms with Crippen LogP contribution < -0.4 is 0 Å². The van der Waals surface area contributed by atoms with Crippen LogP contribution in [-0.4, -0.2) is 24.6 Å². The van der Waals surface area contributed by atoms with Gasteiger partial charge in [0.2, 0.25) is 0 Å². The molecule has 3 nitrogen and oxygen atoms in total. The first kappa shape index (κ1) is 16.3. The minimum absolute atomic E-state index is 0.358. The van der Waals surface area contributed by atoms with E-state index in [1.165, 1.54) is 0 Å².